The number of nitrogens with one attached hydrogen (secondary N) is 1. The second kappa shape index (κ2) is 7.63. The third-order valence-electron chi connectivity index (χ3n) is 3.16. The molecule has 0 fully saturated rings. The van der Waals surface area contributed by atoms with Crippen molar-refractivity contribution < 1.29 is 9.47 Å². The van der Waals surface area contributed by atoms with Crippen molar-refractivity contribution in [2.24, 2.45) is 0 Å². The van der Waals surface area contributed by atoms with Gasteiger partial charge in [-0.15, -0.1) is 11.3 Å². The summed E-state index contributed by atoms with van der Waals surface area (Å²) in [7, 11) is 3.36. The second-order valence-corrected chi connectivity index (χ2v) is 8.10. The quantitative estimate of drug-likeness (QED) is 0.694. The highest BCUT2D eigenvalue weighted by Crippen LogP contribution is 2.43. The molecule has 0 aliphatic carbocycles. The Morgan fingerprint density at radius 3 is 2.24 bits per heavy atom. The summed E-state index contributed by atoms with van der Waals surface area (Å²) in [5.41, 5.74) is 2.17. The zero-order valence-electron chi connectivity index (χ0n) is 12.1. The van der Waals surface area contributed by atoms with Gasteiger partial charge in [0.2, 0.25) is 0 Å². The van der Waals surface area contributed by atoms with E-state index in [1.165, 1.54) is 0 Å². The number of methoxy groups -OCH3 is 2. The van der Waals surface area contributed by atoms with Crippen LogP contribution in [0, 0.1) is 0 Å². The molecule has 0 aliphatic heterocycles. The van der Waals surface area contributed by atoms with E-state index in [4.69, 9.17) is 9.47 Å². The Morgan fingerprint density at radius 2 is 1.81 bits per heavy atom. The Balaban J connectivity index is 2.60. The Morgan fingerprint density at radius 1 is 1.19 bits per heavy atom. The van der Waals surface area contributed by atoms with Crippen molar-refractivity contribution in [2.45, 2.75) is 13.0 Å². The lowest BCUT2D eigenvalue weighted by molar-refractivity contribution is 0.377. The van der Waals surface area contributed by atoms with Gasteiger partial charge in [0, 0.05) is 5.56 Å². The van der Waals surface area contributed by atoms with Crippen LogP contribution in [0.4, 0.5) is 0 Å². The van der Waals surface area contributed by atoms with Gasteiger partial charge in [-0.3, -0.25) is 0 Å². The maximum atomic E-state index is 5.54. The number of hydrogen-bond acceptors (Lipinski definition) is 4. The maximum absolute atomic E-state index is 5.54. The van der Waals surface area contributed by atoms with Gasteiger partial charge < -0.3 is 14.8 Å². The van der Waals surface area contributed by atoms with E-state index >= 15 is 0 Å². The number of benzene rings is 1. The summed E-state index contributed by atoms with van der Waals surface area (Å²) in [6.07, 6.45) is 0. The van der Waals surface area contributed by atoms with Gasteiger partial charge in [-0.25, -0.2) is 0 Å². The van der Waals surface area contributed by atoms with E-state index in [0.717, 1.165) is 36.7 Å². The van der Waals surface area contributed by atoms with Gasteiger partial charge in [0.15, 0.2) is 0 Å². The van der Waals surface area contributed by atoms with Gasteiger partial charge in [-0.1, -0.05) is 13.0 Å². The van der Waals surface area contributed by atoms with Crippen LogP contribution in [0.2, 0.25) is 0 Å². The monoisotopic (exact) mass is 433 g/mol. The van der Waals surface area contributed by atoms with Crippen molar-refractivity contribution in [2.75, 3.05) is 20.8 Å². The minimum absolute atomic E-state index is 0.00183. The highest BCUT2D eigenvalue weighted by Gasteiger charge is 2.25. The molecule has 114 valence electrons. The predicted octanol–water partition coefficient (Wildman–Crippen LogP) is 4.99. The molecule has 1 heterocycles. The van der Waals surface area contributed by atoms with Gasteiger partial charge in [0.25, 0.3) is 0 Å². The topological polar surface area (TPSA) is 30.5 Å². The highest BCUT2D eigenvalue weighted by molar-refractivity contribution is 9.12. The summed E-state index contributed by atoms with van der Waals surface area (Å²) >= 11 is 8.85. The van der Waals surface area contributed by atoms with Crippen LogP contribution < -0.4 is 14.8 Å². The van der Waals surface area contributed by atoms with E-state index in [1.807, 2.05) is 18.2 Å². The molecule has 0 aliphatic rings. The zero-order chi connectivity index (χ0) is 15.4. The molecule has 2 aromatic rings. The number of hydrogen-bond donors (Lipinski definition) is 1. The lowest BCUT2D eigenvalue weighted by Gasteiger charge is -2.23. The normalized spacial score (nSPS) is 12.2. The summed E-state index contributed by atoms with van der Waals surface area (Å²) in [4.78, 5) is 0. The minimum Gasteiger partial charge on any atom is -0.496 e. The van der Waals surface area contributed by atoms with E-state index in [-0.39, 0.29) is 6.04 Å². The number of thiophene rings is 1. The molecule has 1 unspecified atom stereocenters. The van der Waals surface area contributed by atoms with Crippen molar-refractivity contribution in [3.05, 3.63) is 43.0 Å². The van der Waals surface area contributed by atoms with Crippen LogP contribution in [-0.4, -0.2) is 20.8 Å². The third kappa shape index (κ3) is 3.62. The molecule has 1 atom stereocenters. The molecule has 1 aromatic carbocycles. The molecule has 0 radical (unpaired) electrons. The summed E-state index contributed by atoms with van der Waals surface area (Å²) in [6.45, 7) is 2.93. The van der Waals surface area contributed by atoms with Crippen LogP contribution >= 0.6 is 43.2 Å². The summed E-state index contributed by atoms with van der Waals surface area (Å²) in [5.74, 6) is 1.63. The number of rotatable bonds is 6. The smallest absolute Gasteiger partial charge is 0.127 e. The highest BCUT2D eigenvalue weighted by atomic mass is 79.9. The summed E-state index contributed by atoms with van der Waals surface area (Å²) in [5, 5.41) is 3.51. The standard InChI is InChI=1S/C15H17Br2NO2S/c1-4-18-14(9-8-12(16)21-15(9)17)13-10(19-2)6-5-7-11(13)20-3/h5-8,14,18H,4H2,1-3H3. The number of halogens is 2. The average molecular weight is 435 g/mol. The molecule has 21 heavy (non-hydrogen) atoms. The van der Waals surface area contributed by atoms with Crippen molar-refractivity contribution in [1.82, 2.24) is 5.32 Å². The Kier molecular flexibility index (Phi) is 6.10. The molecule has 1 N–H and O–H groups in total. The van der Waals surface area contributed by atoms with Crippen molar-refractivity contribution in [1.29, 1.82) is 0 Å². The van der Waals surface area contributed by atoms with Gasteiger partial charge >= 0.3 is 0 Å². The van der Waals surface area contributed by atoms with Crippen molar-refractivity contribution >= 4 is 43.2 Å². The third-order valence-corrected chi connectivity index (χ3v) is 5.54. The van der Waals surface area contributed by atoms with E-state index in [0.29, 0.717) is 0 Å². The first-order chi connectivity index (χ1) is 10.1. The van der Waals surface area contributed by atoms with Crippen LogP contribution in [0.15, 0.2) is 31.8 Å². The fourth-order valence-corrected chi connectivity index (χ4v) is 5.19. The molecule has 0 saturated heterocycles. The molecule has 0 saturated carbocycles. The molecule has 3 nitrogen and oxygen atoms in total. The fraction of sp³-hybridized carbons (Fsp3) is 0.333. The van der Waals surface area contributed by atoms with E-state index in [1.54, 1.807) is 25.6 Å². The molecular weight excluding hydrogens is 418 g/mol. The van der Waals surface area contributed by atoms with Crippen LogP contribution in [0.5, 0.6) is 11.5 Å². The van der Waals surface area contributed by atoms with Crippen molar-refractivity contribution in [3.63, 3.8) is 0 Å². The molecule has 2 rings (SSSR count). The summed E-state index contributed by atoms with van der Waals surface area (Å²) < 4.78 is 13.3. The largest absolute Gasteiger partial charge is 0.496 e. The van der Waals surface area contributed by atoms with Crippen LogP contribution in [0.1, 0.15) is 24.1 Å². The lowest BCUT2D eigenvalue weighted by atomic mass is 9.99. The zero-order valence-corrected chi connectivity index (χ0v) is 16.1. The lowest BCUT2D eigenvalue weighted by Crippen LogP contribution is -2.23. The molecule has 0 amide bonds. The van der Waals surface area contributed by atoms with Crippen LogP contribution in [-0.2, 0) is 0 Å². The van der Waals surface area contributed by atoms with Gasteiger partial charge in [0.05, 0.1) is 33.4 Å². The van der Waals surface area contributed by atoms with Crippen molar-refractivity contribution in [3.8, 4) is 11.5 Å². The first-order valence-corrected chi connectivity index (χ1v) is 8.91. The van der Waals surface area contributed by atoms with Gasteiger partial charge in [0.1, 0.15) is 11.5 Å². The Hall–Kier alpha value is -0.560. The van der Waals surface area contributed by atoms with Crippen LogP contribution in [0.25, 0.3) is 0 Å². The fourth-order valence-electron chi connectivity index (χ4n) is 2.29. The van der Waals surface area contributed by atoms with Gasteiger partial charge in [-0.05, 0) is 56.6 Å². The summed E-state index contributed by atoms with van der Waals surface area (Å²) in [6, 6.07) is 7.96. The molecule has 0 bridgehead atoms. The first kappa shape index (κ1) is 16.8. The Bertz CT molecular complexity index is 593. The molecular formula is C15H17Br2NO2S. The Labute approximate surface area is 145 Å². The molecule has 1 aromatic heterocycles. The van der Waals surface area contributed by atoms with E-state index in [9.17, 15) is 0 Å². The average Bonchev–Trinajstić information content (AvgIpc) is 2.82. The number of ether oxygens (including phenoxy) is 2. The molecule has 0 spiro atoms. The van der Waals surface area contributed by atoms with E-state index < -0.39 is 0 Å². The van der Waals surface area contributed by atoms with Crippen LogP contribution in [0.3, 0.4) is 0 Å². The van der Waals surface area contributed by atoms with Gasteiger partial charge in [-0.2, -0.15) is 0 Å². The minimum atomic E-state index is -0.00183. The predicted molar refractivity (Wildman–Crippen MR) is 94.8 cm³/mol. The SMILES string of the molecule is CCNC(c1cc(Br)sc1Br)c1c(OC)cccc1OC. The molecule has 6 heteroatoms. The second-order valence-electron chi connectivity index (χ2n) is 4.35. The first-order valence-electron chi connectivity index (χ1n) is 6.51. The maximum Gasteiger partial charge on any atom is 0.127 e. The van der Waals surface area contributed by atoms with E-state index in [2.05, 4.69) is 50.2 Å².